The molecule has 0 saturated heterocycles. The number of hydrogen-bond acceptors (Lipinski definition) is 4. The van der Waals surface area contributed by atoms with E-state index >= 15 is 0 Å². The summed E-state index contributed by atoms with van der Waals surface area (Å²) in [5, 5.41) is 0. The Morgan fingerprint density at radius 1 is 1.38 bits per heavy atom. The Hall–Kier alpha value is -2.34. The maximum absolute atomic E-state index is 12.9. The fourth-order valence-corrected chi connectivity index (χ4v) is 2.96. The second kappa shape index (κ2) is 7.49. The highest BCUT2D eigenvalue weighted by Crippen LogP contribution is 2.29. The van der Waals surface area contributed by atoms with Crippen LogP contribution in [0.5, 0.6) is 5.75 Å². The number of hydrogen-bond donors (Lipinski definition) is 1. The molecule has 2 aromatic rings. The lowest BCUT2D eigenvalue weighted by molar-refractivity contribution is 0.0519. The van der Waals surface area contributed by atoms with E-state index in [1.165, 1.54) is 6.08 Å². The summed E-state index contributed by atoms with van der Waals surface area (Å²) in [6.07, 6.45) is 1.52. The number of aromatic amines is 1. The predicted molar refractivity (Wildman–Crippen MR) is 95.7 cm³/mol. The topological polar surface area (TPSA) is 68.4 Å². The third-order valence-corrected chi connectivity index (χ3v) is 4.22. The molecule has 0 amide bonds. The van der Waals surface area contributed by atoms with Crippen LogP contribution in [-0.4, -0.2) is 30.5 Å². The van der Waals surface area contributed by atoms with E-state index in [4.69, 9.17) is 9.47 Å². The van der Waals surface area contributed by atoms with Gasteiger partial charge in [-0.25, -0.2) is 4.79 Å². The molecule has 0 atom stereocenters. The Balaban J connectivity index is 2.51. The number of methoxy groups -OCH3 is 1. The average molecular weight is 392 g/mol. The lowest BCUT2D eigenvalue weighted by Crippen LogP contribution is -2.08. The average Bonchev–Trinajstić information content (AvgIpc) is 2.91. The highest BCUT2D eigenvalue weighted by molar-refractivity contribution is 9.10. The molecule has 1 aromatic carbocycles. The standard InChI is InChI=1S/C18H18BrNO4/c1-5-13-15(10(3)16(20-13)18(22)24-6-2)17(21)11-7-8-14(23-4)12(19)9-11/h5,7-9,20H,1,6H2,2-4H3. The van der Waals surface area contributed by atoms with Crippen molar-refractivity contribution >= 4 is 33.8 Å². The number of carbonyl (C=O) groups is 2. The summed E-state index contributed by atoms with van der Waals surface area (Å²) in [6, 6.07) is 5.07. The van der Waals surface area contributed by atoms with Crippen LogP contribution in [0.15, 0.2) is 29.3 Å². The van der Waals surface area contributed by atoms with E-state index in [1.807, 2.05) is 0 Å². The highest BCUT2D eigenvalue weighted by Gasteiger charge is 2.24. The maximum Gasteiger partial charge on any atom is 0.355 e. The first-order valence-electron chi connectivity index (χ1n) is 7.34. The number of benzene rings is 1. The lowest BCUT2D eigenvalue weighted by Gasteiger charge is -2.07. The van der Waals surface area contributed by atoms with Crippen molar-refractivity contribution in [1.29, 1.82) is 0 Å². The molecular weight excluding hydrogens is 374 g/mol. The molecule has 0 radical (unpaired) electrons. The van der Waals surface area contributed by atoms with Gasteiger partial charge in [0.25, 0.3) is 0 Å². The molecule has 0 fully saturated rings. The fraction of sp³-hybridized carbons (Fsp3) is 0.222. The summed E-state index contributed by atoms with van der Waals surface area (Å²) in [6.45, 7) is 7.40. The SMILES string of the molecule is C=Cc1[nH]c(C(=O)OCC)c(C)c1C(=O)c1ccc(OC)c(Br)c1. The van der Waals surface area contributed by atoms with Crippen LogP contribution in [0.2, 0.25) is 0 Å². The van der Waals surface area contributed by atoms with E-state index in [0.717, 1.165) is 0 Å². The highest BCUT2D eigenvalue weighted by atomic mass is 79.9. The van der Waals surface area contributed by atoms with Gasteiger partial charge in [-0.3, -0.25) is 4.79 Å². The number of halogens is 1. The van der Waals surface area contributed by atoms with Crippen LogP contribution in [0.25, 0.3) is 6.08 Å². The van der Waals surface area contributed by atoms with Crippen molar-refractivity contribution in [2.75, 3.05) is 13.7 Å². The molecule has 2 rings (SSSR count). The first kappa shape index (κ1) is 18.0. The maximum atomic E-state index is 12.9. The van der Waals surface area contributed by atoms with Crippen LogP contribution in [0.1, 0.15) is 44.6 Å². The molecule has 0 saturated carbocycles. The molecule has 0 bridgehead atoms. The molecule has 6 heteroatoms. The van der Waals surface area contributed by atoms with Gasteiger partial charge in [-0.1, -0.05) is 6.58 Å². The Kier molecular flexibility index (Phi) is 5.62. The van der Waals surface area contributed by atoms with Gasteiger partial charge in [0.05, 0.1) is 23.8 Å². The van der Waals surface area contributed by atoms with Gasteiger partial charge in [0.15, 0.2) is 5.78 Å². The van der Waals surface area contributed by atoms with Crippen LogP contribution >= 0.6 is 15.9 Å². The quantitative estimate of drug-likeness (QED) is 0.593. The second-order valence-electron chi connectivity index (χ2n) is 5.02. The molecule has 0 unspecified atom stereocenters. The lowest BCUT2D eigenvalue weighted by atomic mass is 9.99. The van der Waals surface area contributed by atoms with Gasteiger partial charge in [0, 0.05) is 11.3 Å². The zero-order chi connectivity index (χ0) is 17.9. The minimum atomic E-state index is -0.493. The van der Waals surface area contributed by atoms with Crippen molar-refractivity contribution in [3.63, 3.8) is 0 Å². The molecular formula is C18H18BrNO4. The monoisotopic (exact) mass is 391 g/mol. The van der Waals surface area contributed by atoms with Crippen molar-refractivity contribution in [2.45, 2.75) is 13.8 Å². The number of aromatic nitrogens is 1. The van der Waals surface area contributed by atoms with E-state index in [0.29, 0.717) is 32.6 Å². The summed E-state index contributed by atoms with van der Waals surface area (Å²) in [5.41, 5.74) is 2.18. The minimum absolute atomic E-state index is 0.211. The van der Waals surface area contributed by atoms with Crippen molar-refractivity contribution in [3.8, 4) is 5.75 Å². The number of nitrogens with one attached hydrogen (secondary N) is 1. The van der Waals surface area contributed by atoms with Gasteiger partial charge in [-0.05, 0) is 59.6 Å². The van der Waals surface area contributed by atoms with Gasteiger partial charge < -0.3 is 14.5 Å². The predicted octanol–water partition coefficient (Wildman–Crippen LogP) is 4.14. The second-order valence-corrected chi connectivity index (χ2v) is 5.87. The van der Waals surface area contributed by atoms with Crippen LogP contribution < -0.4 is 4.74 Å². The molecule has 0 aliphatic carbocycles. The summed E-state index contributed by atoms with van der Waals surface area (Å²) in [4.78, 5) is 27.9. The van der Waals surface area contributed by atoms with E-state index in [2.05, 4.69) is 27.5 Å². The van der Waals surface area contributed by atoms with Gasteiger partial charge in [-0.15, -0.1) is 0 Å². The van der Waals surface area contributed by atoms with Crippen molar-refractivity contribution in [1.82, 2.24) is 4.98 Å². The van der Waals surface area contributed by atoms with E-state index in [1.54, 1.807) is 39.2 Å². The van der Waals surface area contributed by atoms with Crippen LogP contribution in [0, 0.1) is 6.92 Å². The molecule has 1 heterocycles. The third-order valence-electron chi connectivity index (χ3n) is 3.60. The number of carbonyl (C=O) groups excluding carboxylic acids is 2. The molecule has 5 nitrogen and oxygen atoms in total. The molecule has 1 aromatic heterocycles. The van der Waals surface area contributed by atoms with Crippen molar-refractivity contribution in [2.24, 2.45) is 0 Å². The molecule has 1 N–H and O–H groups in total. The van der Waals surface area contributed by atoms with E-state index < -0.39 is 5.97 Å². The van der Waals surface area contributed by atoms with Gasteiger partial charge in [0.1, 0.15) is 11.4 Å². The van der Waals surface area contributed by atoms with Crippen molar-refractivity contribution < 1.29 is 19.1 Å². The van der Waals surface area contributed by atoms with E-state index in [9.17, 15) is 9.59 Å². The zero-order valence-electron chi connectivity index (χ0n) is 13.7. The molecule has 0 aliphatic heterocycles. The number of H-pyrrole nitrogens is 1. The largest absolute Gasteiger partial charge is 0.496 e. The first-order chi connectivity index (χ1) is 11.4. The minimum Gasteiger partial charge on any atom is -0.496 e. The molecule has 0 aliphatic rings. The summed E-state index contributed by atoms with van der Waals surface area (Å²) in [5.74, 6) is -0.0703. The normalized spacial score (nSPS) is 10.3. The Morgan fingerprint density at radius 2 is 2.08 bits per heavy atom. The number of rotatable bonds is 6. The van der Waals surface area contributed by atoms with Crippen LogP contribution in [-0.2, 0) is 4.74 Å². The smallest absolute Gasteiger partial charge is 0.355 e. The molecule has 126 valence electrons. The Morgan fingerprint density at radius 3 is 2.62 bits per heavy atom. The third kappa shape index (κ3) is 3.28. The summed E-state index contributed by atoms with van der Waals surface area (Å²) in [7, 11) is 1.55. The number of esters is 1. The first-order valence-corrected chi connectivity index (χ1v) is 8.14. The van der Waals surface area contributed by atoms with Gasteiger partial charge in [-0.2, -0.15) is 0 Å². The van der Waals surface area contributed by atoms with Crippen LogP contribution in [0.3, 0.4) is 0 Å². The Bertz CT molecular complexity index is 808. The zero-order valence-corrected chi connectivity index (χ0v) is 15.3. The van der Waals surface area contributed by atoms with Gasteiger partial charge in [0.2, 0.25) is 0 Å². The van der Waals surface area contributed by atoms with Crippen LogP contribution in [0.4, 0.5) is 0 Å². The summed E-state index contributed by atoms with van der Waals surface area (Å²) < 4.78 is 10.9. The van der Waals surface area contributed by atoms with E-state index in [-0.39, 0.29) is 18.1 Å². The number of ether oxygens (including phenoxy) is 2. The number of ketones is 1. The van der Waals surface area contributed by atoms with Crippen molar-refractivity contribution in [3.05, 3.63) is 57.3 Å². The molecule has 24 heavy (non-hydrogen) atoms. The molecule has 0 spiro atoms. The Labute approximate surface area is 148 Å². The summed E-state index contributed by atoms with van der Waals surface area (Å²) >= 11 is 3.37. The van der Waals surface area contributed by atoms with Gasteiger partial charge >= 0.3 is 5.97 Å². The fourth-order valence-electron chi connectivity index (χ4n) is 2.42.